The van der Waals surface area contributed by atoms with Crippen molar-refractivity contribution in [3.05, 3.63) is 50.1 Å². The summed E-state index contributed by atoms with van der Waals surface area (Å²) in [5, 5.41) is 25.3. The molecule has 1 aromatic carbocycles. The molecule has 3 heterocycles. The van der Waals surface area contributed by atoms with Crippen LogP contribution in [0.25, 0.3) is 6.08 Å². The number of aromatic hydroxyl groups is 1. The van der Waals surface area contributed by atoms with Crippen LogP contribution in [-0.2, 0) is 16.6 Å². The van der Waals surface area contributed by atoms with Gasteiger partial charge in [-0.05, 0) is 84.9 Å². The second-order valence-electron chi connectivity index (χ2n) is 11.3. The molecule has 5 atom stereocenters. The highest BCUT2D eigenvalue weighted by Gasteiger charge is 2.73. The topological polar surface area (TPSA) is 73.2 Å². The standard InChI is InChI=1S/C28H33BrN2O4S/c1-16(2)14-31(23(33)7-5-19-13-18(29)15-36-19)20-8-9-28(34)22-12-17-4-6-21(32)25-24(17)27(28,26(20)35-25)10-11-30(22)3/h4-7,13,15-16,20,22,26,32,34H,8-12,14H2,1-3H3/b7-5+/t20-,22+,26-,27-,28+/m0/s1. The number of benzene rings is 1. The third-order valence-corrected chi connectivity index (χ3v) is 10.6. The molecule has 1 aromatic heterocycles. The zero-order valence-electron chi connectivity index (χ0n) is 20.9. The van der Waals surface area contributed by atoms with Crippen molar-refractivity contribution in [2.75, 3.05) is 20.1 Å². The zero-order valence-corrected chi connectivity index (χ0v) is 23.3. The SMILES string of the molecule is CC(C)CN(C(=O)/C=C/c1cc(Br)cs1)[C@H]1CC[C@@]2(O)[C@H]3Cc4ccc(O)c5c4[C@@]2(CCN3C)[C@H]1O5. The van der Waals surface area contributed by atoms with Gasteiger partial charge in [0, 0.05) is 39.0 Å². The molecule has 192 valence electrons. The normalized spacial score (nSPS) is 32.6. The fourth-order valence-corrected chi connectivity index (χ4v) is 8.83. The van der Waals surface area contributed by atoms with Crippen LogP contribution in [0.2, 0.25) is 0 Å². The summed E-state index contributed by atoms with van der Waals surface area (Å²) >= 11 is 5.07. The summed E-state index contributed by atoms with van der Waals surface area (Å²) in [5.41, 5.74) is 0.544. The summed E-state index contributed by atoms with van der Waals surface area (Å²) < 4.78 is 7.66. The van der Waals surface area contributed by atoms with Crippen molar-refractivity contribution in [1.82, 2.24) is 9.80 Å². The predicted octanol–water partition coefficient (Wildman–Crippen LogP) is 4.57. The quantitative estimate of drug-likeness (QED) is 0.513. The van der Waals surface area contributed by atoms with Crippen molar-refractivity contribution < 1.29 is 19.7 Å². The first-order valence-electron chi connectivity index (χ1n) is 12.8. The summed E-state index contributed by atoms with van der Waals surface area (Å²) in [6.45, 7) is 5.70. The summed E-state index contributed by atoms with van der Waals surface area (Å²) in [5.74, 6) is 0.882. The van der Waals surface area contributed by atoms with Crippen LogP contribution in [0.3, 0.4) is 0 Å². The number of piperidine rings is 1. The number of rotatable bonds is 5. The van der Waals surface area contributed by atoms with Crippen LogP contribution in [0.5, 0.6) is 11.5 Å². The van der Waals surface area contributed by atoms with Crippen LogP contribution in [0.4, 0.5) is 0 Å². The van der Waals surface area contributed by atoms with Crippen LogP contribution < -0.4 is 4.74 Å². The molecule has 2 N–H and O–H groups in total. The number of thiophene rings is 1. The van der Waals surface area contributed by atoms with Gasteiger partial charge in [0.2, 0.25) is 5.91 Å². The van der Waals surface area contributed by atoms with Gasteiger partial charge < -0.3 is 24.7 Å². The summed E-state index contributed by atoms with van der Waals surface area (Å²) in [6, 6.07) is 5.52. The molecule has 1 saturated carbocycles. The highest BCUT2D eigenvalue weighted by Crippen LogP contribution is 2.65. The number of ether oxygens (including phenoxy) is 1. The molecule has 1 spiro atoms. The number of aliphatic hydroxyl groups is 1. The Morgan fingerprint density at radius 2 is 2.19 bits per heavy atom. The lowest BCUT2D eigenvalue weighted by molar-refractivity contribution is -0.197. The maximum absolute atomic E-state index is 13.7. The summed E-state index contributed by atoms with van der Waals surface area (Å²) in [6.07, 6.45) is 5.89. The van der Waals surface area contributed by atoms with E-state index in [1.807, 2.05) is 28.5 Å². The number of halogens is 1. The number of likely N-dealkylation sites (N-methyl/N-ethyl adjacent to an activating group) is 1. The van der Waals surface area contributed by atoms with E-state index in [1.165, 1.54) is 0 Å². The number of amides is 1. The number of nitrogens with zero attached hydrogens (tertiary/aromatic N) is 2. The minimum absolute atomic E-state index is 0.00675. The summed E-state index contributed by atoms with van der Waals surface area (Å²) in [7, 11) is 2.10. The van der Waals surface area contributed by atoms with Gasteiger partial charge in [-0.2, -0.15) is 0 Å². The molecule has 2 bridgehead atoms. The average molecular weight is 574 g/mol. The molecule has 2 fully saturated rings. The number of phenolic OH excluding ortho intramolecular Hbond substituents is 1. The molecule has 0 unspecified atom stereocenters. The summed E-state index contributed by atoms with van der Waals surface area (Å²) in [4.78, 5) is 19.0. The van der Waals surface area contributed by atoms with Gasteiger partial charge in [-0.15, -0.1) is 11.3 Å². The molecule has 0 radical (unpaired) electrons. The van der Waals surface area contributed by atoms with Crippen molar-refractivity contribution >= 4 is 39.2 Å². The molecule has 1 amide bonds. The Labute approximate surface area is 224 Å². The first-order valence-corrected chi connectivity index (χ1v) is 14.5. The molecule has 1 saturated heterocycles. The fraction of sp³-hybridized carbons (Fsp3) is 0.536. The molecule has 6 rings (SSSR count). The van der Waals surface area contributed by atoms with E-state index in [0.717, 1.165) is 39.9 Å². The minimum atomic E-state index is -0.959. The van der Waals surface area contributed by atoms with Crippen molar-refractivity contribution in [3.63, 3.8) is 0 Å². The van der Waals surface area contributed by atoms with Crippen molar-refractivity contribution in [1.29, 1.82) is 0 Å². The van der Waals surface area contributed by atoms with Crippen LogP contribution >= 0.6 is 27.3 Å². The Balaban J connectivity index is 1.43. The predicted molar refractivity (Wildman–Crippen MR) is 145 cm³/mol. The Hall–Kier alpha value is -1.87. The van der Waals surface area contributed by atoms with Crippen LogP contribution in [0.15, 0.2) is 34.1 Å². The molecule has 2 aliphatic heterocycles. The van der Waals surface area contributed by atoms with Gasteiger partial charge in [-0.25, -0.2) is 0 Å². The first kappa shape index (κ1) is 24.5. The van der Waals surface area contributed by atoms with Crippen molar-refractivity contribution in [2.45, 2.75) is 68.7 Å². The number of carbonyl (C=O) groups is 1. The molecule has 2 aliphatic carbocycles. The molecule has 8 heteroatoms. The van der Waals surface area contributed by atoms with Gasteiger partial charge in [0.15, 0.2) is 11.5 Å². The molecular formula is C28H33BrN2O4S. The van der Waals surface area contributed by atoms with E-state index in [1.54, 1.807) is 23.5 Å². The molecule has 4 aliphatic rings. The van der Waals surface area contributed by atoms with E-state index in [4.69, 9.17) is 4.74 Å². The monoisotopic (exact) mass is 572 g/mol. The van der Waals surface area contributed by atoms with Crippen molar-refractivity contribution in [3.8, 4) is 11.5 Å². The van der Waals surface area contributed by atoms with E-state index >= 15 is 0 Å². The Kier molecular flexibility index (Phi) is 5.83. The average Bonchev–Trinajstić information content (AvgIpc) is 3.41. The second kappa shape index (κ2) is 8.58. The third kappa shape index (κ3) is 3.37. The maximum Gasteiger partial charge on any atom is 0.246 e. The van der Waals surface area contributed by atoms with Gasteiger partial charge in [0.05, 0.1) is 17.1 Å². The largest absolute Gasteiger partial charge is 0.504 e. The van der Waals surface area contributed by atoms with E-state index in [9.17, 15) is 15.0 Å². The number of hydrogen-bond acceptors (Lipinski definition) is 6. The van der Waals surface area contributed by atoms with E-state index in [-0.39, 0.29) is 29.7 Å². The van der Waals surface area contributed by atoms with E-state index in [0.29, 0.717) is 25.1 Å². The smallest absolute Gasteiger partial charge is 0.246 e. The van der Waals surface area contributed by atoms with Crippen LogP contribution in [0.1, 0.15) is 49.1 Å². The minimum Gasteiger partial charge on any atom is -0.504 e. The second-order valence-corrected chi connectivity index (χ2v) is 13.2. The van der Waals surface area contributed by atoms with E-state index in [2.05, 4.69) is 41.7 Å². The number of carbonyl (C=O) groups excluding carboxylic acids is 1. The van der Waals surface area contributed by atoms with Gasteiger partial charge in [-0.3, -0.25) is 4.79 Å². The van der Waals surface area contributed by atoms with Crippen LogP contribution in [0, 0.1) is 5.92 Å². The first-order chi connectivity index (χ1) is 17.2. The number of phenols is 1. The Morgan fingerprint density at radius 1 is 1.39 bits per heavy atom. The van der Waals surface area contributed by atoms with Crippen molar-refractivity contribution in [2.24, 2.45) is 5.92 Å². The lowest BCUT2D eigenvalue weighted by Crippen LogP contribution is -2.78. The van der Waals surface area contributed by atoms with E-state index < -0.39 is 17.1 Å². The lowest BCUT2D eigenvalue weighted by atomic mass is 9.48. The van der Waals surface area contributed by atoms with Gasteiger partial charge in [-0.1, -0.05) is 19.9 Å². The Morgan fingerprint density at radius 3 is 2.92 bits per heavy atom. The van der Waals surface area contributed by atoms with Gasteiger partial charge >= 0.3 is 0 Å². The Bertz CT molecular complexity index is 1240. The lowest BCUT2D eigenvalue weighted by Gasteiger charge is -2.64. The molecule has 2 aromatic rings. The molecule has 36 heavy (non-hydrogen) atoms. The highest BCUT2D eigenvalue weighted by atomic mass is 79.9. The number of hydrogen-bond donors (Lipinski definition) is 2. The maximum atomic E-state index is 13.7. The zero-order chi connectivity index (χ0) is 25.4. The fourth-order valence-electron chi connectivity index (χ4n) is 7.49. The third-order valence-electron chi connectivity index (χ3n) is 8.92. The number of likely N-dealkylation sites (tertiary alicyclic amines) is 1. The van der Waals surface area contributed by atoms with Gasteiger partial charge in [0.1, 0.15) is 6.10 Å². The highest BCUT2D eigenvalue weighted by molar-refractivity contribution is 9.10. The molecular weight excluding hydrogens is 540 g/mol. The van der Waals surface area contributed by atoms with Gasteiger partial charge in [0.25, 0.3) is 0 Å². The van der Waals surface area contributed by atoms with Crippen LogP contribution in [-0.4, -0.2) is 69.8 Å². The molecule has 6 nitrogen and oxygen atoms in total.